The minimum absolute atomic E-state index is 0.0178. The Labute approximate surface area is 210 Å². The van der Waals surface area contributed by atoms with Gasteiger partial charge in [-0.1, -0.05) is 20.8 Å². The van der Waals surface area contributed by atoms with Crippen LogP contribution in [-0.4, -0.2) is 60.3 Å². The van der Waals surface area contributed by atoms with Crippen LogP contribution in [0, 0.1) is 28.6 Å². The molecule has 1 aliphatic carbocycles. The van der Waals surface area contributed by atoms with E-state index in [1.807, 2.05) is 33.3 Å². The first kappa shape index (κ1) is 24.0. The zero-order valence-corrected chi connectivity index (χ0v) is 21.0. The number of aromatic nitrogens is 5. The molecule has 2 aliphatic rings. The summed E-state index contributed by atoms with van der Waals surface area (Å²) in [6.45, 7) is 7.80. The average molecular weight is 489 g/mol. The van der Waals surface area contributed by atoms with Crippen molar-refractivity contribution in [1.82, 2.24) is 34.7 Å². The molecule has 2 N–H and O–H groups in total. The molecule has 3 aromatic rings. The Morgan fingerprint density at radius 1 is 1.19 bits per heavy atom. The SMILES string of the molecule is CC(C)(C)[C@@H](NC(=O)c1c[nH]c2ncc(-c3cn(CC4CC4)cn3)nc12)C(=O)N1CCC(C#N)CC1. The molecule has 5 rings (SSSR count). The summed E-state index contributed by atoms with van der Waals surface area (Å²) in [6, 6.07) is 1.57. The number of piperidine rings is 1. The van der Waals surface area contributed by atoms with E-state index in [1.165, 1.54) is 12.8 Å². The van der Waals surface area contributed by atoms with Gasteiger partial charge >= 0.3 is 0 Å². The first-order valence-electron chi connectivity index (χ1n) is 12.6. The molecule has 2 fully saturated rings. The van der Waals surface area contributed by atoms with Crippen LogP contribution in [-0.2, 0) is 11.3 Å². The van der Waals surface area contributed by atoms with Crippen molar-refractivity contribution in [3.63, 3.8) is 0 Å². The summed E-state index contributed by atoms with van der Waals surface area (Å²) in [5.41, 5.74) is 2.07. The Kier molecular flexibility index (Phi) is 6.24. The minimum atomic E-state index is -0.720. The van der Waals surface area contributed by atoms with Gasteiger partial charge in [-0.25, -0.2) is 15.0 Å². The molecule has 1 aliphatic heterocycles. The molecule has 0 radical (unpaired) electrons. The number of likely N-dealkylation sites (tertiary alicyclic amines) is 1. The highest BCUT2D eigenvalue weighted by Crippen LogP contribution is 2.31. The molecule has 2 amide bonds. The van der Waals surface area contributed by atoms with Gasteiger partial charge in [-0.15, -0.1) is 0 Å². The van der Waals surface area contributed by atoms with E-state index in [0.717, 1.165) is 12.5 Å². The number of aromatic amines is 1. The number of nitrogens with zero attached hydrogens (tertiary/aromatic N) is 6. The van der Waals surface area contributed by atoms with Crippen molar-refractivity contribution < 1.29 is 9.59 Å². The number of nitriles is 1. The van der Waals surface area contributed by atoms with Crippen molar-refractivity contribution in [2.45, 2.75) is 59.0 Å². The van der Waals surface area contributed by atoms with Crippen LogP contribution in [0.25, 0.3) is 22.6 Å². The van der Waals surface area contributed by atoms with Gasteiger partial charge in [0.25, 0.3) is 5.91 Å². The highest BCUT2D eigenvalue weighted by atomic mass is 16.2. The van der Waals surface area contributed by atoms with Gasteiger partial charge in [0, 0.05) is 37.9 Å². The van der Waals surface area contributed by atoms with Crippen molar-refractivity contribution in [3.8, 4) is 17.5 Å². The maximum absolute atomic E-state index is 13.4. The highest BCUT2D eigenvalue weighted by Gasteiger charge is 2.37. The molecule has 0 spiro atoms. The van der Waals surface area contributed by atoms with Crippen LogP contribution in [0.1, 0.15) is 56.8 Å². The van der Waals surface area contributed by atoms with Crippen LogP contribution in [0.3, 0.4) is 0 Å². The fourth-order valence-electron chi connectivity index (χ4n) is 4.65. The molecule has 188 valence electrons. The van der Waals surface area contributed by atoms with E-state index in [9.17, 15) is 9.59 Å². The molecule has 1 saturated heterocycles. The van der Waals surface area contributed by atoms with E-state index < -0.39 is 11.5 Å². The maximum atomic E-state index is 13.4. The van der Waals surface area contributed by atoms with Crippen LogP contribution in [0.4, 0.5) is 0 Å². The average Bonchev–Trinajstić information content (AvgIpc) is 3.37. The standard InChI is InChI=1S/C26H32N8O2/c1-26(2,3)22(25(36)34-8-6-16(10-27)7-9-34)32-24(35)18-11-28-23-21(18)31-19(12-29-23)20-14-33(15-30-20)13-17-4-5-17/h11-12,14-17,22H,4-9,13H2,1-3H3,(H,28,29)(H,32,35)/t22-/m0/s1. The number of hydrogen-bond acceptors (Lipinski definition) is 6. The topological polar surface area (TPSA) is 133 Å². The zero-order chi connectivity index (χ0) is 25.4. The molecule has 1 atom stereocenters. The normalized spacial score (nSPS) is 17.7. The van der Waals surface area contributed by atoms with E-state index in [-0.39, 0.29) is 17.7 Å². The quantitative estimate of drug-likeness (QED) is 0.548. The van der Waals surface area contributed by atoms with E-state index in [4.69, 9.17) is 10.2 Å². The smallest absolute Gasteiger partial charge is 0.255 e. The van der Waals surface area contributed by atoms with E-state index >= 15 is 0 Å². The molecule has 4 heterocycles. The molecule has 3 aromatic heterocycles. The Hall–Kier alpha value is -3.74. The molecule has 1 saturated carbocycles. The lowest BCUT2D eigenvalue weighted by atomic mass is 9.85. The predicted molar refractivity (Wildman–Crippen MR) is 133 cm³/mol. The summed E-state index contributed by atoms with van der Waals surface area (Å²) >= 11 is 0. The van der Waals surface area contributed by atoms with E-state index in [0.29, 0.717) is 54.0 Å². The third kappa shape index (κ3) is 4.96. The lowest BCUT2D eigenvalue weighted by Gasteiger charge is -2.37. The first-order chi connectivity index (χ1) is 17.2. The van der Waals surface area contributed by atoms with E-state index in [2.05, 4.69) is 30.9 Å². The number of fused-ring (bicyclic) bond motifs is 1. The molecular formula is C26H32N8O2. The van der Waals surface area contributed by atoms with Crippen LogP contribution in [0.15, 0.2) is 24.9 Å². The molecule has 0 unspecified atom stereocenters. The Morgan fingerprint density at radius 2 is 1.94 bits per heavy atom. The van der Waals surface area contributed by atoms with Gasteiger partial charge in [-0.2, -0.15) is 5.26 Å². The number of H-pyrrole nitrogens is 1. The lowest BCUT2D eigenvalue weighted by molar-refractivity contribution is -0.137. The molecule has 36 heavy (non-hydrogen) atoms. The number of rotatable bonds is 6. The summed E-state index contributed by atoms with van der Waals surface area (Å²) in [5.74, 6) is 0.208. The van der Waals surface area contributed by atoms with Crippen LogP contribution in [0.5, 0.6) is 0 Å². The van der Waals surface area contributed by atoms with Gasteiger partial charge in [-0.05, 0) is 37.0 Å². The first-order valence-corrected chi connectivity index (χ1v) is 12.6. The van der Waals surface area contributed by atoms with Gasteiger partial charge in [0.05, 0.1) is 24.2 Å². The predicted octanol–water partition coefficient (Wildman–Crippen LogP) is 3.14. The van der Waals surface area contributed by atoms with Crippen molar-refractivity contribution in [2.24, 2.45) is 17.3 Å². The Balaban J connectivity index is 1.36. The van der Waals surface area contributed by atoms with Crippen LogP contribution >= 0.6 is 0 Å². The second-order valence-corrected chi connectivity index (χ2v) is 11.1. The van der Waals surface area contributed by atoms with Crippen molar-refractivity contribution in [3.05, 3.63) is 30.5 Å². The third-order valence-corrected chi connectivity index (χ3v) is 7.06. The van der Waals surface area contributed by atoms with Crippen molar-refractivity contribution >= 4 is 23.0 Å². The lowest BCUT2D eigenvalue weighted by Crippen LogP contribution is -2.56. The molecule has 10 nitrogen and oxygen atoms in total. The highest BCUT2D eigenvalue weighted by molar-refractivity contribution is 6.06. The summed E-state index contributed by atoms with van der Waals surface area (Å²) < 4.78 is 2.07. The second-order valence-electron chi connectivity index (χ2n) is 11.1. The number of carbonyl (C=O) groups excluding carboxylic acids is 2. The summed E-state index contributed by atoms with van der Waals surface area (Å²) in [7, 11) is 0. The van der Waals surface area contributed by atoms with Crippen LogP contribution in [0.2, 0.25) is 0 Å². The van der Waals surface area contributed by atoms with Gasteiger partial charge < -0.3 is 19.8 Å². The number of hydrogen-bond donors (Lipinski definition) is 2. The molecule has 10 heteroatoms. The Morgan fingerprint density at radius 3 is 2.61 bits per heavy atom. The fourth-order valence-corrected chi connectivity index (χ4v) is 4.65. The largest absolute Gasteiger partial charge is 0.344 e. The monoisotopic (exact) mass is 488 g/mol. The summed E-state index contributed by atoms with van der Waals surface area (Å²) in [5, 5.41) is 12.1. The Bertz CT molecular complexity index is 1320. The molecular weight excluding hydrogens is 456 g/mol. The minimum Gasteiger partial charge on any atom is -0.344 e. The summed E-state index contributed by atoms with van der Waals surface area (Å²) in [6.07, 6.45) is 10.8. The molecule has 0 bridgehead atoms. The number of imidazole rings is 1. The molecule has 0 aromatic carbocycles. The van der Waals surface area contributed by atoms with Crippen molar-refractivity contribution in [2.75, 3.05) is 13.1 Å². The maximum Gasteiger partial charge on any atom is 0.255 e. The fraction of sp³-hybridized carbons (Fsp3) is 0.538. The van der Waals surface area contributed by atoms with Gasteiger partial charge in [0.15, 0.2) is 5.65 Å². The van der Waals surface area contributed by atoms with Gasteiger partial charge in [0.2, 0.25) is 5.91 Å². The number of nitrogens with one attached hydrogen (secondary N) is 2. The van der Waals surface area contributed by atoms with Gasteiger partial charge in [0.1, 0.15) is 22.9 Å². The third-order valence-electron chi connectivity index (χ3n) is 7.06. The van der Waals surface area contributed by atoms with Gasteiger partial charge in [-0.3, -0.25) is 9.59 Å². The number of carbonyl (C=O) groups is 2. The summed E-state index contributed by atoms with van der Waals surface area (Å²) in [4.78, 5) is 45.2. The zero-order valence-electron chi connectivity index (χ0n) is 21.0. The van der Waals surface area contributed by atoms with Crippen molar-refractivity contribution in [1.29, 1.82) is 5.26 Å². The second kappa shape index (κ2) is 9.37. The number of amides is 2. The van der Waals surface area contributed by atoms with E-state index in [1.54, 1.807) is 17.3 Å². The van der Waals surface area contributed by atoms with Crippen LogP contribution < -0.4 is 5.32 Å².